The van der Waals surface area contributed by atoms with Gasteiger partial charge < -0.3 is 15.2 Å². The van der Waals surface area contributed by atoms with Gasteiger partial charge in [-0.1, -0.05) is 32.3 Å². The Bertz CT molecular complexity index is 411. The first-order chi connectivity index (χ1) is 9.72. The molecule has 0 aliphatic heterocycles. The minimum absolute atomic E-state index is 0.218. The summed E-state index contributed by atoms with van der Waals surface area (Å²) in [7, 11) is 1.57. The van der Waals surface area contributed by atoms with Crippen LogP contribution in [0.25, 0.3) is 0 Å². The Hall–Kier alpha value is -1.22. The lowest BCUT2D eigenvalue weighted by molar-refractivity contribution is 0.262. The van der Waals surface area contributed by atoms with Crippen molar-refractivity contribution in [3.8, 4) is 11.5 Å². The van der Waals surface area contributed by atoms with Crippen molar-refractivity contribution in [3.05, 3.63) is 23.8 Å². The highest BCUT2D eigenvalue weighted by molar-refractivity contribution is 5.41. The fourth-order valence-electron chi connectivity index (χ4n) is 3.11. The van der Waals surface area contributed by atoms with E-state index in [2.05, 4.69) is 12.2 Å². The molecule has 0 aromatic heterocycles. The molecule has 1 aliphatic rings. The molecule has 1 aliphatic carbocycles. The van der Waals surface area contributed by atoms with Crippen molar-refractivity contribution in [2.75, 3.05) is 13.7 Å². The summed E-state index contributed by atoms with van der Waals surface area (Å²) < 4.78 is 5.05. The molecule has 0 saturated heterocycles. The van der Waals surface area contributed by atoms with Gasteiger partial charge in [0.05, 0.1) is 7.11 Å². The Kier molecular flexibility index (Phi) is 5.72. The number of nitrogens with one attached hydrogen (secondary N) is 1. The molecule has 1 aromatic carbocycles. The lowest BCUT2D eigenvalue weighted by Gasteiger charge is -2.27. The Morgan fingerprint density at radius 1 is 1.20 bits per heavy atom. The van der Waals surface area contributed by atoms with E-state index in [0.717, 1.165) is 30.5 Å². The van der Waals surface area contributed by atoms with Crippen LogP contribution in [0, 0.1) is 11.8 Å². The highest BCUT2D eigenvalue weighted by atomic mass is 16.5. The zero-order valence-corrected chi connectivity index (χ0v) is 12.7. The number of ether oxygens (including phenoxy) is 1. The number of hydrogen-bond acceptors (Lipinski definition) is 3. The van der Waals surface area contributed by atoms with Crippen molar-refractivity contribution in [2.24, 2.45) is 11.8 Å². The van der Waals surface area contributed by atoms with Crippen LogP contribution in [-0.4, -0.2) is 18.8 Å². The number of rotatable bonds is 6. The molecule has 0 bridgehead atoms. The molecule has 2 rings (SSSR count). The predicted octanol–water partition coefficient (Wildman–Crippen LogP) is 3.71. The smallest absolute Gasteiger partial charge is 0.160 e. The van der Waals surface area contributed by atoms with Crippen molar-refractivity contribution in [2.45, 2.75) is 45.6 Å². The lowest BCUT2D eigenvalue weighted by atomic mass is 9.81. The van der Waals surface area contributed by atoms with E-state index in [1.54, 1.807) is 13.2 Å². The van der Waals surface area contributed by atoms with Gasteiger partial charge in [0, 0.05) is 6.54 Å². The van der Waals surface area contributed by atoms with Crippen LogP contribution in [0.15, 0.2) is 18.2 Å². The highest BCUT2D eigenvalue weighted by Crippen LogP contribution is 2.30. The van der Waals surface area contributed by atoms with Crippen molar-refractivity contribution in [1.29, 1.82) is 0 Å². The van der Waals surface area contributed by atoms with Gasteiger partial charge in [0.2, 0.25) is 0 Å². The van der Waals surface area contributed by atoms with Gasteiger partial charge in [-0.25, -0.2) is 0 Å². The zero-order valence-electron chi connectivity index (χ0n) is 12.7. The summed E-state index contributed by atoms with van der Waals surface area (Å²) in [6.07, 6.45) is 6.85. The Labute approximate surface area is 122 Å². The van der Waals surface area contributed by atoms with Gasteiger partial charge in [-0.3, -0.25) is 0 Å². The Morgan fingerprint density at radius 3 is 2.50 bits per heavy atom. The van der Waals surface area contributed by atoms with E-state index in [1.165, 1.54) is 32.1 Å². The molecule has 1 fully saturated rings. The van der Waals surface area contributed by atoms with Crippen molar-refractivity contribution >= 4 is 0 Å². The largest absolute Gasteiger partial charge is 0.504 e. The van der Waals surface area contributed by atoms with E-state index in [0.29, 0.717) is 5.75 Å². The maximum absolute atomic E-state index is 9.74. The van der Waals surface area contributed by atoms with E-state index in [-0.39, 0.29) is 5.75 Å². The topological polar surface area (TPSA) is 41.5 Å². The van der Waals surface area contributed by atoms with E-state index in [9.17, 15) is 5.11 Å². The van der Waals surface area contributed by atoms with Crippen LogP contribution in [0.5, 0.6) is 11.5 Å². The summed E-state index contributed by atoms with van der Waals surface area (Å²) in [6, 6.07) is 5.60. The van der Waals surface area contributed by atoms with E-state index in [4.69, 9.17) is 4.74 Å². The van der Waals surface area contributed by atoms with Crippen LogP contribution in [0.1, 0.15) is 44.6 Å². The van der Waals surface area contributed by atoms with E-state index < -0.39 is 0 Å². The molecule has 1 saturated carbocycles. The molecule has 0 heterocycles. The molecule has 3 heteroatoms. The van der Waals surface area contributed by atoms with Gasteiger partial charge in [-0.05, 0) is 48.9 Å². The quantitative estimate of drug-likeness (QED) is 0.833. The summed E-state index contributed by atoms with van der Waals surface area (Å²) in [5.41, 5.74) is 1.10. The average Bonchev–Trinajstić information content (AvgIpc) is 2.48. The van der Waals surface area contributed by atoms with Gasteiger partial charge in [0.1, 0.15) is 0 Å². The van der Waals surface area contributed by atoms with Crippen molar-refractivity contribution in [3.63, 3.8) is 0 Å². The molecule has 0 unspecified atom stereocenters. The van der Waals surface area contributed by atoms with Gasteiger partial charge in [0.25, 0.3) is 0 Å². The zero-order chi connectivity index (χ0) is 14.4. The molecule has 112 valence electrons. The standard InChI is InChI=1S/C17H27NO2/c1-3-13-4-6-14(7-5-13)11-18-12-15-8-9-17(20-2)16(19)10-15/h8-10,13-14,18-19H,3-7,11-12H2,1-2H3. The second-order valence-electron chi connectivity index (χ2n) is 5.93. The second-order valence-corrected chi connectivity index (χ2v) is 5.93. The second kappa shape index (κ2) is 7.53. The molecular formula is C17H27NO2. The SMILES string of the molecule is CCC1CCC(CNCc2ccc(OC)c(O)c2)CC1. The molecule has 0 atom stereocenters. The van der Waals surface area contributed by atoms with Crippen LogP contribution in [0.3, 0.4) is 0 Å². The predicted molar refractivity (Wildman–Crippen MR) is 82.1 cm³/mol. The van der Waals surface area contributed by atoms with Crippen LogP contribution < -0.4 is 10.1 Å². The summed E-state index contributed by atoms with van der Waals surface area (Å²) in [6.45, 7) is 4.20. The molecule has 0 amide bonds. The fraction of sp³-hybridized carbons (Fsp3) is 0.647. The minimum Gasteiger partial charge on any atom is -0.504 e. The Morgan fingerprint density at radius 2 is 1.90 bits per heavy atom. The van der Waals surface area contributed by atoms with Crippen LogP contribution in [0.2, 0.25) is 0 Å². The molecular weight excluding hydrogens is 250 g/mol. The third kappa shape index (κ3) is 4.14. The highest BCUT2D eigenvalue weighted by Gasteiger charge is 2.19. The van der Waals surface area contributed by atoms with Gasteiger partial charge in [-0.15, -0.1) is 0 Å². The summed E-state index contributed by atoms with van der Waals surface area (Å²) in [5.74, 6) is 2.54. The number of methoxy groups -OCH3 is 1. The maximum atomic E-state index is 9.74. The lowest BCUT2D eigenvalue weighted by Crippen LogP contribution is -2.26. The van der Waals surface area contributed by atoms with E-state index >= 15 is 0 Å². The first-order valence-electron chi connectivity index (χ1n) is 7.79. The fourth-order valence-corrected chi connectivity index (χ4v) is 3.11. The van der Waals surface area contributed by atoms with Gasteiger partial charge >= 0.3 is 0 Å². The first-order valence-corrected chi connectivity index (χ1v) is 7.79. The number of phenolic OH excluding ortho intramolecular Hbond substituents is 1. The monoisotopic (exact) mass is 277 g/mol. The molecule has 0 spiro atoms. The van der Waals surface area contributed by atoms with Crippen LogP contribution in [0.4, 0.5) is 0 Å². The number of benzene rings is 1. The van der Waals surface area contributed by atoms with Crippen molar-refractivity contribution in [1.82, 2.24) is 5.32 Å². The molecule has 20 heavy (non-hydrogen) atoms. The Balaban J connectivity index is 1.72. The van der Waals surface area contributed by atoms with Gasteiger partial charge in [0.15, 0.2) is 11.5 Å². The van der Waals surface area contributed by atoms with Gasteiger partial charge in [-0.2, -0.15) is 0 Å². The average molecular weight is 277 g/mol. The summed E-state index contributed by atoms with van der Waals surface area (Å²) in [5, 5.41) is 13.3. The number of hydrogen-bond donors (Lipinski definition) is 2. The molecule has 1 aromatic rings. The first kappa shape index (κ1) is 15.2. The molecule has 3 nitrogen and oxygen atoms in total. The van der Waals surface area contributed by atoms with Crippen molar-refractivity contribution < 1.29 is 9.84 Å². The summed E-state index contributed by atoms with van der Waals surface area (Å²) in [4.78, 5) is 0. The third-order valence-corrected chi connectivity index (χ3v) is 4.55. The molecule has 0 radical (unpaired) electrons. The number of aromatic hydroxyl groups is 1. The minimum atomic E-state index is 0.218. The normalized spacial score (nSPS) is 22.7. The maximum Gasteiger partial charge on any atom is 0.160 e. The van der Waals surface area contributed by atoms with Crippen LogP contribution in [-0.2, 0) is 6.54 Å². The number of phenols is 1. The summed E-state index contributed by atoms with van der Waals surface area (Å²) >= 11 is 0. The van der Waals surface area contributed by atoms with E-state index in [1.807, 2.05) is 12.1 Å². The molecule has 2 N–H and O–H groups in total. The third-order valence-electron chi connectivity index (χ3n) is 4.55. The van der Waals surface area contributed by atoms with Crippen LogP contribution >= 0.6 is 0 Å².